The molecule has 6 nitrogen and oxygen atoms in total. The summed E-state index contributed by atoms with van der Waals surface area (Å²) >= 11 is 0. The summed E-state index contributed by atoms with van der Waals surface area (Å²) in [6, 6.07) is 13.5. The van der Waals surface area contributed by atoms with E-state index in [0.29, 0.717) is 25.6 Å². The molecule has 1 N–H and O–H groups in total. The van der Waals surface area contributed by atoms with Gasteiger partial charge in [-0.25, -0.2) is 4.98 Å². The van der Waals surface area contributed by atoms with E-state index in [4.69, 9.17) is 18.6 Å². The Bertz CT molecular complexity index is 837. The Morgan fingerprint density at radius 1 is 0.926 bits per heavy atom. The maximum Gasteiger partial charge on any atom is 0.226 e. The minimum atomic E-state index is 0.595. The Labute approximate surface area is 159 Å². The SMILES string of the molecule is CCOc1ccc(-c2nc(CNCc3cc(OC)cc(OC)c3)co2)cc1. The summed E-state index contributed by atoms with van der Waals surface area (Å²) in [5.41, 5.74) is 2.83. The molecule has 27 heavy (non-hydrogen) atoms. The Balaban J connectivity index is 1.58. The summed E-state index contributed by atoms with van der Waals surface area (Å²) in [6.07, 6.45) is 1.67. The van der Waals surface area contributed by atoms with E-state index in [1.807, 2.05) is 49.4 Å². The third kappa shape index (κ3) is 5.01. The molecule has 1 aromatic heterocycles. The largest absolute Gasteiger partial charge is 0.497 e. The normalized spacial score (nSPS) is 10.6. The Morgan fingerprint density at radius 3 is 2.26 bits per heavy atom. The zero-order valence-electron chi connectivity index (χ0n) is 15.8. The zero-order chi connectivity index (χ0) is 19.1. The highest BCUT2D eigenvalue weighted by Crippen LogP contribution is 2.23. The summed E-state index contributed by atoms with van der Waals surface area (Å²) in [5, 5.41) is 3.36. The lowest BCUT2D eigenvalue weighted by molar-refractivity contribution is 0.340. The van der Waals surface area contributed by atoms with Gasteiger partial charge < -0.3 is 23.9 Å². The lowest BCUT2D eigenvalue weighted by Crippen LogP contribution is -2.13. The van der Waals surface area contributed by atoms with Crippen molar-refractivity contribution < 1.29 is 18.6 Å². The Hall–Kier alpha value is -2.99. The van der Waals surface area contributed by atoms with Crippen molar-refractivity contribution in [3.8, 4) is 28.7 Å². The monoisotopic (exact) mass is 368 g/mol. The molecule has 0 saturated heterocycles. The van der Waals surface area contributed by atoms with E-state index in [-0.39, 0.29) is 0 Å². The van der Waals surface area contributed by atoms with E-state index >= 15 is 0 Å². The first-order chi connectivity index (χ1) is 13.2. The average molecular weight is 368 g/mol. The molecule has 0 radical (unpaired) electrons. The van der Waals surface area contributed by atoms with E-state index in [1.165, 1.54) is 0 Å². The number of methoxy groups -OCH3 is 2. The molecule has 0 saturated carbocycles. The van der Waals surface area contributed by atoms with Crippen molar-refractivity contribution in [3.05, 3.63) is 60.0 Å². The number of oxazole rings is 1. The van der Waals surface area contributed by atoms with Crippen LogP contribution in [-0.2, 0) is 13.1 Å². The molecule has 2 aromatic carbocycles. The van der Waals surface area contributed by atoms with Crippen molar-refractivity contribution in [2.45, 2.75) is 20.0 Å². The smallest absolute Gasteiger partial charge is 0.226 e. The third-order valence-corrected chi connectivity index (χ3v) is 4.01. The standard InChI is InChI=1S/C21H24N2O4/c1-4-26-18-7-5-16(6-8-18)21-23-17(14-27-21)13-22-12-15-9-19(24-2)11-20(10-15)25-3/h5-11,14,22H,4,12-13H2,1-3H3. The molecule has 0 atom stereocenters. The zero-order valence-corrected chi connectivity index (χ0v) is 15.8. The second kappa shape index (κ2) is 9.09. The van der Waals surface area contributed by atoms with E-state index in [2.05, 4.69) is 10.3 Å². The maximum atomic E-state index is 5.59. The van der Waals surface area contributed by atoms with Crippen LogP contribution < -0.4 is 19.5 Å². The van der Waals surface area contributed by atoms with Gasteiger partial charge in [-0.15, -0.1) is 0 Å². The number of hydrogen-bond donors (Lipinski definition) is 1. The van der Waals surface area contributed by atoms with Gasteiger partial charge in [0.2, 0.25) is 5.89 Å². The first kappa shape index (κ1) is 18.8. The molecule has 0 bridgehead atoms. The highest BCUT2D eigenvalue weighted by atomic mass is 16.5. The minimum Gasteiger partial charge on any atom is -0.497 e. The van der Waals surface area contributed by atoms with Gasteiger partial charge >= 0.3 is 0 Å². The molecule has 3 aromatic rings. The average Bonchev–Trinajstić information content (AvgIpc) is 3.17. The summed E-state index contributed by atoms with van der Waals surface area (Å²) in [6.45, 7) is 3.87. The molecule has 142 valence electrons. The number of nitrogens with one attached hydrogen (secondary N) is 1. The van der Waals surface area contributed by atoms with Crippen LogP contribution in [0, 0.1) is 0 Å². The number of rotatable bonds is 9. The van der Waals surface area contributed by atoms with Gasteiger partial charge in [0.05, 0.1) is 26.5 Å². The molecular weight excluding hydrogens is 344 g/mol. The first-order valence-corrected chi connectivity index (χ1v) is 8.82. The van der Waals surface area contributed by atoms with Gasteiger partial charge in [0.25, 0.3) is 0 Å². The Kier molecular flexibility index (Phi) is 6.33. The van der Waals surface area contributed by atoms with E-state index in [9.17, 15) is 0 Å². The van der Waals surface area contributed by atoms with Crippen molar-refractivity contribution >= 4 is 0 Å². The highest BCUT2D eigenvalue weighted by Gasteiger charge is 2.08. The quantitative estimate of drug-likeness (QED) is 0.615. The van der Waals surface area contributed by atoms with Crippen LogP contribution in [0.3, 0.4) is 0 Å². The molecule has 0 aliphatic heterocycles. The second-order valence-electron chi connectivity index (χ2n) is 5.93. The molecule has 3 rings (SSSR count). The molecule has 0 aliphatic carbocycles. The van der Waals surface area contributed by atoms with Gasteiger partial charge in [-0.2, -0.15) is 0 Å². The van der Waals surface area contributed by atoms with Crippen molar-refractivity contribution in [2.24, 2.45) is 0 Å². The molecule has 1 heterocycles. The molecule has 0 fully saturated rings. The fourth-order valence-corrected chi connectivity index (χ4v) is 2.68. The van der Waals surface area contributed by atoms with Crippen LogP contribution in [0.25, 0.3) is 11.5 Å². The predicted molar refractivity (Wildman–Crippen MR) is 103 cm³/mol. The first-order valence-electron chi connectivity index (χ1n) is 8.82. The topological polar surface area (TPSA) is 65.8 Å². The van der Waals surface area contributed by atoms with Crippen LogP contribution in [0.5, 0.6) is 17.2 Å². The van der Waals surface area contributed by atoms with Crippen LogP contribution >= 0.6 is 0 Å². The fraction of sp³-hybridized carbons (Fsp3) is 0.286. The van der Waals surface area contributed by atoms with Gasteiger partial charge in [-0.05, 0) is 48.9 Å². The van der Waals surface area contributed by atoms with Crippen LogP contribution in [0.1, 0.15) is 18.2 Å². The maximum absolute atomic E-state index is 5.59. The van der Waals surface area contributed by atoms with E-state index in [0.717, 1.165) is 34.1 Å². The van der Waals surface area contributed by atoms with Gasteiger partial charge in [-0.1, -0.05) is 0 Å². The van der Waals surface area contributed by atoms with Crippen LogP contribution in [0.15, 0.2) is 53.1 Å². The number of benzene rings is 2. The minimum absolute atomic E-state index is 0.595. The van der Waals surface area contributed by atoms with E-state index in [1.54, 1.807) is 20.5 Å². The summed E-state index contributed by atoms with van der Waals surface area (Å²) < 4.78 is 21.6. The molecule has 0 unspecified atom stereocenters. The van der Waals surface area contributed by atoms with Crippen LogP contribution in [0.4, 0.5) is 0 Å². The van der Waals surface area contributed by atoms with Gasteiger partial charge in [-0.3, -0.25) is 0 Å². The van der Waals surface area contributed by atoms with E-state index < -0.39 is 0 Å². The van der Waals surface area contributed by atoms with Gasteiger partial charge in [0.1, 0.15) is 23.5 Å². The summed E-state index contributed by atoms with van der Waals surface area (Å²) in [7, 11) is 3.29. The molecule has 0 amide bonds. The van der Waals surface area contributed by atoms with Gasteiger partial charge in [0, 0.05) is 24.7 Å². The third-order valence-electron chi connectivity index (χ3n) is 4.01. The second-order valence-corrected chi connectivity index (χ2v) is 5.93. The highest BCUT2D eigenvalue weighted by molar-refractivity contribution is 5.54. The Morgan fingerprint density at radius 2 is 1.63 bits per heavy atom. The van der Waals surface area contributed by atoms with Crippen molar-refractivity contribution in [1.82, 2.24) is 10.3 Å². The number of nitrogens with zero attached hydrogens (tertiary/aromatic N) is 1. The van der Waals surface area contributed by atoms with Gasteiger partial charge in [0.15, 0.2) is 0 Å². The number of aromatic nitrogens is 1. The predicted octanol–water partition coefficient (Wildman–Crippen LogP) is 4.05. The van der Waals surface area contributed by atoms with Crippen LogP contribution in [-0.4, -0.2) is 25.8 Å². The van der Waals surface area contributed by atoms with Crippen molar-refractivity contribution in [2.75, 3.05) is 20.8 Å². The lowest BCUT2D eigenvalue weighted by atomic mass is 10.2. The summed E-state index contributed by atoms with van der Waals surface area (Å²) in [5.74, 6) is 2.97. The molecule has 0 aliphatic rings. The molecule has 6 heteroatoms. The number of hydrogen-bond acceptors (Lipinski definition) is 6. The van der Waals surface area contributed by atoms with Crippen molar-refractivity contribution in [1.29, 1.82) is 0 Å². The summed E-state index contributed by atoms with van der Waals surface area (Å²) in [4.78, 5) is 4.54. The lowest BCUT2D eigenvalue weighted by Gasteiger charge is -2.08. The fourth-order valence-electron chi connectivity index (χ4n) is 2.68. The van der Waals surface area contributed by atoms with Crippen LogP contribution in [0.2, 0.25) is 0 Å². The number of ether oxygens (including phenoxy) is 3. The van der Waals surface area contributed by atoms with Crippen molar-refractivity contribution in [3.63, 3.8) is 0 Å². The molecule has 0 spiro atoms. The molecular formula is C21H24N2O4.